The number of carbonyl (C=O) groups excluding carboxylic acids is 1. The monoisotopic (exact) mass is 251 g/mol. The fourth-order valence-corrected chi connectivity index (χ4v) is 2.30. The zero-order valence-electron chi connectivity index (χ0n) is 10.1. The summed E-state index contributed by atoms with van der Waals surface area (Å²) < 4.78 is 0. The number of piperidine rings is 1. The SMILES string of the molecule is O=C(O)CCC1CCN(C(=O)c2ccn[nH]2)CC1. The summed E-state index contributed by atoms with van der Waals surface area (Å²) in [6.07, 6.45) is 4.26. The van der Waals surface area contributed by atoms with Crippen molar-refractivity contribution < 1.29 is 14.7 Å². The van der Waals surface area contributed by atoms with Crippen LogP contribution in [0.1, 0.15) is 36.2 Å². The van der Waals surface area contributed by atoms with Crippen LogP contribution in [-0.4, -0.2) is 45.2 Å². The third-order valence-corrected chi connectivity index (χ3v) is 3.40. The highest BCUT2D eigenvalue weighted by Crippen LogP contribution is 2.22. The van der Waals surface area contributed by atoms with Crippen molar-refractivity contribution in [1.29, 1.82) is 0 Å². The molecule has 2 heterocycles. The second-order valence-corrected chi connectivity index (χ2v) is 4.64. The van der Waals surface area contributed by atoms with Gasteiger partial charge in [0.15, 0.2) is 0 Å². The van der Waals surface area contributed by atoms with Gasteiger partial charge in [-0.1, -0.05) is 0 Å². The summed E-state index contributed by atoms with van der Waals surface area (Å²) in [4.78, 5) is 24.3. The van der Waals surface area contributed by atoms with E-state index in [-0.39, 0.29) is 12.3 Å². The van der Waals surface area contributed by atoms with Crippen LogP contribution < -0.4 is 0 Å². The quantitative estimate of drug-likeness (QED) is 0.839. The Hall–Kier alpha value is -1.85. The molecule has 2 N–H and O–H groups in total. The van der Waals surface area contributed by atoms with E-state index >= 15 is 0 Å². The van der Waals surface area contributed by atoms with E-state index in [4.69, 9.17) is 5.11 Å². The second kappa shape index (κ2) is 5.66. The van der Waals surface area contributed by atoms with Crippen LogP contribution in [0.2, 0.25) is 0 Å². The van der Waals surface area contributed by atoms with Gasteiger partial charge < -0.3 is 10.0 Å². The highest BCUT2D eigenvalue weighted by atomic mass is 16.4. The Balaban J connectivity index is 1.80. The summed E-state index contributed by atoms with van der Waals surface area (Å²) in [5.74, 6) is -0.345. The second-order valence-electron chi connectivity index (χ2n) is 4.64. The first-order chi connectivity index (χ1) is 8.66. The summed E-state index contributed by atoms with van der Waals surface area (Å²) in [6, 6.07) is 1.67. The minimum Gasteiger partial charge on any atom is -0.481 e. The van der Waals surface area contributed by atoms with Crippen molar-refractivity contribution >= 4 is 11.9 Å². The lowest BCUT2D eigenvalue weighted by Crippen LogP contribution is -2.38. The van der Waals surface area contributed by atoms with Crippen molar-refractivity contribution in [1.82, 2.24) is 15.1 Å². The molecular formula is C12H17N3O3. The predicted octanol–water partition coefficient (Wildman–Crippen LogP) is 1.13. The zero-order valence-corrected chi connectivity index (χ0v) is 10.1. The number of aliphatic carboxylic acids is 1. The lowest BCUT2D eigenvalue weighted by atomic mass is 9.92. The van der Waals surface area contributed by atoms with Crippen molar-refractivity contribution in [3.63, 3.8) is 0 Å². The van der Waals surface area contributed by atoms with Crippen LogP contribution in [0.3, 0.4) is 0 Å². The lowest BCUT2D eigenvalue weighted by molar-refractivity contribution is -0.137. The van der Waals surface area contributed by atoms with E-state index in [1.165, 1.54) is 0 Å². The number of carboxylic acid groups (broad SMARTS) is 1. The van der Waals surface area contributed by atoms with Crippen molar-refractivity contribution in [3.05, 3.63) is 18.0 Å². The van der Waals surface area contributed by atoms with Crippen LogP contribution in [-0.2, 0) is 4.79 Å². The maximum Gasteiger partial charge on any atom is 0.303 e. The standard InChI is InChI=1S/C12H17N3O3/c16-11(17)2-1-9-4-7-15(8-5-9)12(18)10-3-6-13-14-10/h3,6,9H,1-2,4-5,7-8H2,(H,13,14)(H,16,17). The Morgan fingerprint density at radius 3 is 2.72 bits per heavy atom. The van der Waals surface area contributed by atoms with Crippen molar-refractivity contribution in [2.75, 3.05) is 13.1 Å². The molecule has 6 nitrogen and oxygen atoms in total. The van der Waals surface area contributed by atoms with Gasteiger partial charge in [-0.2, -0.15) is 5.10 Å². The fourth-order valence-electron chi connectivity index (χ4n) is 2.30. The molecule has 0 aromatic carbocycles. The normalized spacial score (nSPS) is 16.8. The molecule has 0 aliphatic carbocycles. The predicted molar refractivity (Wildman–Crippen MR) is 64.1 cm³/mol. The smallest absolute Gasteiger partial charge is 0.303 e. The molecule has 0 radical (unpaired) electrons. The molecule has 0 spiro atoms. The molecule has 0 bridgehead atoms. The first kappa shape index (κ1) is 12.6. The molecule has 2 rings (SSSR count). The fraction of sp³-hybridized carbons (Fsp3) is 0.583. The van der Waals surface area contributed by atoms with E-state index in [1.807, 2.05) is 0 Å². The van der Waals surface area contributed by atoms with Crippen molar-refractivity contribution in [2.24, 2.45) is 5.92 Å². The van der Waals surface area contributed by atoms with E-state index in [1.54, 1.807) is 17.2 Å². The minimum atomic E-state index is -0.744. The van der Waals surface area contributed by atoms with Crippen LogP contribution in [0.25, 0.3) is 0 Å². The Bertz CT molecular complexity index is 408. The summed E-state index contributed by atoms with van der Waals surface area (Å²) in [5, 5.41) is 15.1. The minimum absolute atomic E-state index is 0.0239. The Morgan fingerprint density at radius 2 is 2.17 bits per heavy atom. The average Bonchev–Trinajstić information content (AvgIpc) is 2.90. The van der Waals surface area contributed by atoms with Crippen LogP contribution in [0, 0.1) is 5.92 Å². The van der Waals surface area contributed by atoms with Gasteiger partial charge in [0, 0.05) is 25.7 Å². The largest absolute Gasteiger partial charge is 0.481 e. The van der Waals surface area contributed by atoms with E-state index < -0.39 is 5.97 Å². The van der Waals surface area contributed by atoms with E-state index in [0.717, 1.165) is 12.8 Å². The third kappa shape index (κ3) is 3.09. The van der Waals surface area contributed by atoms with Gasteiger partial charge >= 0.3 is 5.97 Å². The summed E-state index contributed by atoms with van der Waals surface area (Å²) in [5.41, 5.74) is 0.513. The Labute approximate surface area is 105 Å². The molecule has 0 atom stereocenters. The molecule has 18 heavy (non-hydrogen) atoms. The summed E-state index contributed by atoms with van der Waals surface area (Å²) in [6.45, 7) is 1.39. The number of carbonyl (C=O) groups is 2. The van der Waals surface area contributed by atoms with Gasteiger partial charge in [-0.05, 0) is 31.2 Å². The van der Waals surface area contributed by atoms with Gasteiger partial charge in [0.2, 0.25) is 0 Å². The van der Waals surface area contributed by atoms with Gasteiger partial charge in [-0.15, -0.1) is 0 Å². The number of likely N-dealkylation sites (tertiary alicyclic amines) is 1. The maximum atomic E-state index is 12.0. The highest BCUT2D eigenvalue weighted by molar-refractivity contribution is 5.92. The Kier molecular flexibility index (Phi) is 3.96. The topological polar surface area (TPSA) is 86.3 Å². The molecule has 1 aromatic rings. The summed E-state index contributed by atoms with van der Waals surface area (Å²) >= 11 is 0. The number of aromatic nitrogens is 2. The van der Waals surface area contributed by atoms with Crippen LogP contribution >= 0.6 is 0 Å². The number of nitrogens with one attached hydrogen (secondary N) is 1. The molecule has 98 valence electrons. The van der Waals surface area contributed by atoms with Crippen molar-refractivity contribution in [3.8, 4) is 0 Å². The summed E-state index contributed by atoms with van der Waals surface area (Å²) in [7, 11) is 0. The van der Waals surface area contributed by atoms with Gasteiger partial charge in [0.1, 0.15) is 5.69 Å². The molecule has 6 heteroatoms. The van der Waals surface area contributed by atoms with Crippen molar-refractivity contribution in [2.45, 2.75) is 25.7 Å². The van der Waals surface area contributed by atoms with Crippen LogP contribution in [0.15, 0.2) is 12.3 Å². The number of hydrogen-bond donors (Lipinski definition) is 2. The first-order valence-corrected chi connectivity index (χ1v) is 6.17. The number of amides is 1. The maximum absolute atomic E-state index is 12.0. The zero-order chi connectivity index (χ0) is 13.0. The highest BCUT2D eigenvalue weighted by Gasteiger charge is 2.24. The molecule has 1 aromatic heterocycles. The van der Waals surface area contributed by atoms with Gasteiger partial charge in [-0.3, -0.25) is 14.7 Å². The van der Waals surface area contributed by atoms with Gasteiger partial charge in [0.05, 0.1) is 0 Å². The average molecular weight is 251 g/mol. The number of aromatic amines is 1. The van der Waals surface area contributed by atoms with E-state index in [0.29, 0.717) is 31.1 Å². The molecule has 1 aliphatic heterocycles. The molecule has 1 aliphatic rings. The van der Waals surface area contributed by atoms with Gasteiger partial charge in [0.25, 0.3) is 5.91 Å². The number of carboxylic acids is 1. The molecular weight excluding hydrogens is 234 g/mol. The Morgan fingerprint density at radius 1 is 1.44 bits per heavy atom. The molecule has 1 fully saturated rings. The first-order valence-electron chi connectivity index (χ1n) is 6.17. The number of nitrogens with zero attached hydrogens (tertiary/aromatic N) is 2. The van der Waals surface area contributed by atoms with Crippen LogP contribution in [0.4, 0.5) is 0 Å². The lowest BCUT2D eigenvalue weighted by Gasteiger charge is -2.31. The third-order valence-electron chi connectivity index (χ3n) is 3.40. The molecule has 0 unspecified atom stereocenters. The number of hydrogen-bond acceptors (Lipinski definition) is 3. The van der Waals surface area contributed by atoms with E-state index in [9.17, 15) is 9.59 Å². The van der Waals surface area contributed by atoms with Gasteiger partial charge in [-0.25, -0.2) is 0 Å². The number of H-pyrrole nitrogens is 1. The molecule has 0 saturated carbocycles. The molecule has 1 saturated heterocycles. The number of rotatable bonds is 4. The van der Waals surface area contributed by atoms with E-state index in [2.05, 4.69) is 10.2 Å². The van der Waals surface area contributed by atoms with Crippen LogP contribution in [0.5, 0.6) is 0 Å². The molecule has 1 amide bonds.